The zero-order valence-electron chi connectivity index (χ0n) is 15.2. The Morgan fingerprint density at radius 1 is 1.23 bits per heavy atom. The Bertz CT molecular complexity index is 589. The molecule has 5 rings (SSSR count). The predicted molar refractivity (Wildman–Crippen MR) is 86.5 cm³/mol. The van der Waals surface area contributed by atoms with E-state index in [1.165, 1.54) is 0 Å². The average Bonchev–Trinajstić information content (AvgIpc) is 2.90. The molecule has 4 bridgehead atoms. The first-order valence-corrected chi connectivity index (χ1v) is 9.61. The first kappa shape index (κ1) is 18.2. The number of carboxylic acids is 1. The normalized spacial score (nSPS) is 46.5. The number of aliphatic hydroxyl groups is 1. The smallest absolute Gasteiger partial charge is 0.312 e. The summed E-state index contributed by atoms with van der Waals surface area (Å²) < 4.78 is 16.9. The summed E-state index contributed by atoms with van der Waals surface area (Å²) in [4.78, 5) is 23.5. The highest BCUT2D eigenvalue weighted by Crippen LogP contribution is 2.62. The van der Waals surface area contributed by atoms with E-state index in [1.807, 2.05) is 0 Å². The van der Waals surface area contributed by atoms with Crippen molar-refractivity contribution < 1.29 is 34.0 Å². The van der Waals surface area contributed by atoms with Gasteiger partial charge in [0.05, 0.1) is 17.6 Å². The SMILES string of the molecule is CC1(CCC(=O)[O-])OCC(COC(=O)C23CC4CC(CC(O)(C4)C2)C3)O1. The molecule has 26 heavy (non-hydrogen) atoms. The van der Waals surface area contributed by atoms with E-state index >= 15 is 0 Å². The minimum atomic E-state index is -1.15. The Kier molecular flexibility index (Phi) is 4.32. The number of carboxylic acid groups (broad SMARTS) is 1. The molecule has 4 saturated carbocycles. The lowest BCUT2D eigenvalue weighted by Crippen LogP contribution is -2.58. The molecular weight excluding hydrogens is 340 g/mol. The second-order valence-electron chi connectivity index (χ2n) is 9.12. The maximum atomic E-state index is 12.9. The van der Waals surface area contributed by atoms with E-state index in [-0.39, 0.29) is 32.0 Å². The third kappa shape index (κ3) is 3.37. The van der Waals surface area contributed by atoms with Gasteiger partial charge < -0.3 is 29.2 Å². The maximum Gasteiger partial charge on any atom is 0.312 e. The van der Waals surface area contributed by atoms with Gasteiger partial charge in [-0.05, 0) is 63.7 Å². The Morgan fingerprint density at radius 3 is 2.54 bits per heavy atom. The van der Waals surface area contributed by atoms with E-state index in [1.54, 1.807) is 6.92 Å². The molecule has 4 aliphatic carbocycles. The summed E-state index contributed by atoms with van der Waals surface area (Å²) in [6.45, 7) is 2.04. The van der Waals surface area contributed by atoms with Crippen molar-refractivity contribution in [3.05, 3.63) is 0 Å². The molecule has 4 unspecified atom stereocenters. The van der Waals surface area contributed by atoms with Gasteiger partial charge in [-0.15, -0.1) is 0 Å². The number of hydrogen-bond acceptors (Lipinski definition) is 7. The fourth-order valence-corrected chi connectivity index (χ4v) is 6.01. The van der Waals surface area contributed by atoms with E-state index in [2.05, 4.69) is 0 Å². The second-order valence-corrected chi connectivity index (χ2v) is 9.12. The summed E-state index contributed by atoms with van der Waals surface area (Å²) in [6.07, 6.45) is 4.54. The van der Waals surface area contributed by atoms with Crippen LogP contribution in [0.2, 0.25) is 0 Å². The van der Waals surface area contributed by atoms with Gasteiger partial charge in [-0.2, -0.15) is 0 Å². The van der Waals surface area contributed by atoms with Gasteiger partial charge in [-0.3, -0.25) is 4.79 Å². The Hall–Kier alpha value is -1.18. The van der Waals surface area contributed by atoms with Gasteiger partial charge in [-0.1, -0.05) is 0 Å². The standard InChI is InChI=1S/C19H28O7/c1-17(3-2-15(20)21)25-10-14(26-17)9-24-16(22)18-5-12-4-13(6-18)8-19(23,7-12)11-18/h12-14,23H,2-11H2,1H3,(H,20,21)/p-1. The van der Waals surface area contributed by atoms with Crippen molar-refractivity contribution >= 4 is 11.9 Å². The van der Waals surface area contributed by atoms with Crippen LogP contribution in [-0.2, 0) is 23.8 Å². The van der Waals surface area contributed by atoms with E-state index in [0.717, 1.165) is 32.1 Å². The third-order valence-electron chi connectivity index (χ3n) is 6.64. The largest absolute Gasteiger partial charge is 0.550 e. The summed E-state index contributed by atoms with van der Waals surface area (Å²) in [5, 5.41) is 21.4. The van der Waals surface area contributed by atoms with Crippen LogP contribution in [0, 0.1) is 17.3 Å². The van der Waals surface area contributed by atoms with Crippen LogP contribution in [0.25, 0.3) is 0 Å². The van der Waals surface area contributed by atoms with Crippen LogP contribution in [0.4, 0.5) is 0 Å². The lowest BCUT2D eigenvalue weighted by atomic mass is 9.48. The molecule has 1 heterocycles. The highest BCUT2D eigenvalue weighted by Gasteiger charge is 2.61. The molecule has 5 aliphatic rings. The highest BCUT2D eigenvalue weighted by molar-refractivity contribution is 5.77. The number of rotatable bonds is 6. The quantitative estimate of drug-likeness (QED) is 0.683. The van der Waals surface area contributed by atoms with Crippen molar-refractivity contribution in [3.63, 3.8) is 0 Å². The molecule has 0 aromatic carbocycles. The van der Waals surface area contributed by atoms with Crippen LogP contribution in [-0.4, -0.2) is 47.8 Å². The van der Waals surface area contributed by atoms with Crippen molar-refractivity contribution in [2.45, 2.75) is 75.8 Å². The minimum Gasteiger partial charge on any atom is -0.550 e. The first-order chi connectivity index (χ1) is 12.2. The molecule has 0 spiro atoms. The Labute approximate surface area is 153 Å². The van der Waals surface area contributed by atoms with Crippen LogP contribution in [0.1, 0.15) is 58.3 Å². The number of ether oxygens (including phenoxy) is 3. The topological polar surface area (TPSA) is 105 Å². The molecule has 0 aromatic heterocycles. The molecule has 1 aliphatic heterocycles. The van der Waals surface area contributed by atoms with Crippen LogP contribution in [0.5, 0.6) is 0 Å². The first-order valence-electron chi connectivity index (χ1n) is 9.61. The molecule has 5 fully saturated rings. The lowest BCUT2D eigenvalue weighted by molar-refractivity contribution is -0.307. The van der Waals surface area contributed by atoms with Crippen molar-refractivity contribution in [3.8, 4) is 0 Å². The molecule has 1 saturated heterocycles. The number of carbonyl (C=O) groups excluding carboxylic acids is 2. The van der Waals surface area contributed by atoms with E-state index in [0.29, 0.717) is 18.3 Å². The van der Waals surface area contributed by atoms with Crippen molar-refractivity contribution in [2.75, 3.05) is 13.2 Å². The fraction of sp³-hybridized carbons (Fsp3) is 0.895. The molecule has 146 valence electrons. The number of esters is 1. The maximum absolute atomic E-state index is 12.9. The minimum absolute atomic E-state index is 0.0925. The van der Waals surface area contributed by atoms with E-state index in [4.69, 9.17) is 14.2 Å². The van der Waals surface area contributed by atoms with Gasteiger partial charge >= 0.3 is 5.97 Å². The average molecular weight is 367 g/mol. The van der Waals surface area contributed by atoms with Crippen molar-refractivity contribution in [1.29, 1.82) is 0 Å². The van der Waals surface area contributed by atoms with Crippen LogP contribution in [0.15, 0.2) is 0 Å². The van der Waals surface area contributed by atoms with Gasteiger partial charge in [0.25, 0.3) is 0 Å². The van der Waals surface area contributed by atoms with E-state index < -0.39 is 28.9 Å². The van der Waals surface area contributed by atoms with Crippen LogP contribution in [0.3, 0.4) is 0 Å². The van der Waals surface area contributed by atoms with Crippen LogP contribution < -0.4 is 5.11 Å². The fourth-order valence-electron chi connectivity index (χ4n) is 6.01. The predicted octanol–water partition coefficient (Wildman–Crippen LogP) is 0.523. The Balaban J connectivity index is 1.32. The van der Waals surface area contributed by atoms with E-state index in [9.17, 15) is 19.8 Å². The molecular formula is C19H27O7-. The highest BCUT2D eigenvalue weighted by atomic mass is 16.7. The summed E-state index contributed by atoms with van der Waals surface area (Å²) in [7, 11) is 0. The summed E-state index contributed by atoms with van der Waals surface area (Å²) >= 11 is 0. The molecule has 1 N–H and O–H groups in total. The zero-order chi connectivity index (χ0) is 18.6. The summed E-state index contributed by atoms with van der Waals surface area (Å²) in [5.74, 6) is -1.50. The summed E-state index contributed by atoms with van der Waals surface area (Å²) in [5.41, 5.74) is -1.24. The molecule has 4 atom stereocenters. The van der Waals surface area contributed by atoms with Crippen LogP contribution >= 0.6 is 0 Å². The molecule has 7 heteroatoms. The zero-order valence-corrected chi connectivity index (χ0v) is 15.2. The Morgan fingerprint density at radius 2 is 1.92 bits per heavy atom. The number of aliphatic carboxylic acids is 1. The third-order valence-corrected chi connectivity index (χ3v) is 6.64. The van der Waals surface area contributed by atoms with Gasteiger partial charge in [0, 0.05) is 12.4 Å². The number of hydrogen-bond donors (Lipinski definition) is 1. The molecule has 7 nitrogen and oxygen atoms in total. The second kappa shape index (κ2) is 6.17. The number of carbonyl (C=O) groups is 2. The van der Waals surface area contributed by atoms with Gasteiger partial charge in [0.1, 0.15) is 12.7 Å². The van der Waals surface area contributed by atoms with Crippen molar-refractivity contribution in [1.82, 2.24) is 0 Å². The molecule has 0 amide bonds. The van der Waals surface area contributed by atoms with Gasteiger partial charge in [-0.25, -0.2) is 0 Å². The van der Waals surface area contributed by atoms with Crippen molar-refractivity contribution in [2.24, 2.45) is 17.3 Å². The lowest BCUT2D eigenvalue weighted by Gasteiger charge is -2.58. The molecule has 0 aromatic rings. The monoisotopic (exact) mass is 367 g/mol. The summed E-state index contributed by atoms with van der Waals surface area (Å²) in [6, 6.07) is 0. The molecule has 0 radical (unpaired) electrons. The van der Waals surface area contributed by atoms with Gasteiger partial charge in [0.15, 0.2) is 5.79 Å². The van der Waals surface area contributed by atoms with Gasteiger partial charge in [0.2, 0.25) is 0 Å².